The van der Waals surface area contributed by atoms with Crippen molar-refractivity contribution in [3.8, 4) is 11.1 Å². The predicted octanol–water partition coefficient (Wildman–Crippen LogP) is 4.16. The summed E-state index contributed by atoms with van der Waals surface area (Å²) in [6.45, 7) is 3.94. The molecule has 3 aromatic rings. The van der Waals surface area contributed by atoms with Gasteiger partial charge in [-0.25, -0.2) is 0 Å². The third-order valence-electron chi connectivity index (χ3n) is 3.59. The molecule has 0 spiro atoms. The number of allylic oxidation sites excluding steroid dienone is 3. The van der Waals surface area contributed by atoms with Crippen molar-refractivity contribution in [1.29, 1.82) is 0 Å². The second-order valence-corrected chi connectivity index (χ2v) is 5.03. The van der Waals surface area contributed by atoms with E-state index >= 15 is 0 Å². The lowest BCUT2D eigenvalue weighted by molar-refractivity contribution is 0.421. The van der Waals surface area contributed by atoms with Gasteiger partial charge in [0.1, 0.15) is 10.9 Å². The molecule has 1 N–H and O–H groups in total. The van der Waals surface area contributed by atoms with Crippen LogP contribution in [0.15, 0.2) is 63.6 Å². The van der Waals surface area contributed by atoms with Gasteiger partial charge in [-0.3, -0.25) is 4.79 Å². The Bertz CT molecular complexity index is 915. The Morgan fingerprint density at radius 2 is 2.05 bits per heavy atom. The number of aromatic amines is 1. The normalized spacial score (nSPS) is 12.4. The van der Waals surface area contributed by atoms with E-state index in [9.17, 15) is 4.79 Å². The first-order valence-corrected chi connectivity index (χ1v) is 7.08. The molecule has 110 valence electrons. The molecule has 0 saturated carbocycles. The summed E-state index contributed by atoms with van der Waals surface area (Å²) in [5, 5.41) is 4.57. The van der Waals surface area contributed by atoms with Crippen LogP contribution < -0.4 is 5.56 Å². The first kappa shape index (κ1) is 14.1. The molecule has 3 rings (SSSR count). The van der Waals surface area contributed by atoms with Gasteiger partial charge in [0.25, 0.3) is 5.56 Å². The van der Waals surface area contributed by atoms with Gasteiger partial charge < -0.3 is 9.51 Å². The van der Waals surface area contributed by atoms with E-state index in [2.05, 4.69) is 10.1 Å². The van der Waals surface area contributed by atoms with Crippen LogP contribution in [0.3, 0.4) is 0 Å². The molecular weight excluding hydrogens is 276 g/mol. The Hall–Kier alpha value is -2.88. The lowest BCUT2D eigenvalue weighted by atomic mass is 10.1. The molecule has 0 radical (unpaired) electrons. The van der Waals surface area contributed by atoms with E-state index in [0.29, 0.717) is 16.7 Å². The van der Waals surface area contributed by atoms with Crippen LogP contribution in [0, 0.1) is 0 Å². The smallest absolute Gasteiger partial charge is 0.261 e. The topological polar surface area (TPSA) is 58.9 Å². The summed E-state index contributed by atoms with van der Waals surface area (Å²) in [5.41, 5.74) is 3.29. The fourth-order valence-corrected chi connectivity index (χ4v) is 2.24. The maximum Gasteiger partial charge on any atom is 0.261 e. The second kappa shape index (κ2) is 5.85. The molecule has 2 aromatic heterocycles. The van der Waals surface area contributed by atoms with E-state index in [1.165, 1.54) is 0 Å². The number of hydrogen-bond acceptors (Lipinski definition) is 3. The zero-order valence-electron chi connectivity index (χ0n) is 12.5. The Labute approximate surface area is 127 Å². The SMILES string of the molecule is C/C=C(C)/C=C/c1onc2c(-c3ccccc3)c[nH]c(=O)c12. The van der Waals surface area contributed by atoms with Gasteiger partial charge in [-0.1, -0.05) is 53.2 Å². The summed E-state index contributed by atoms with van der Waals surface area (Å²) in [4.78, 5) is 14.9. The van der Waals surface area contributed by atoms with E-state index in [1.807, 2.05) is 56.3 Å². The number of fused-ring (bicyclic) bond motifs is 1. The fourth-order valence-electron chi connectivity index (χ4n) is 2.24. The van der Waals surface area contributed by atoms with Crippen molar-refractivity contribution in [2.24, 2.45) is 0 Å². The number of nitrogens with zero attached hydrogens (tertiary/aromatic N) is 1. The largest absolute Gasteiger partial charge is 0.355 e. The fraction of sp³-hybridized carbons (Fsp3) is 0.111. The minimum Gasteiger partial charge on any atom is -0.355 e. The van der Waals surface area contributed by atoms with Crippen molar-refractivity contribution in [2.45, 2.75) is 13.8 Å². The highest BCUT2D eigenvalue weighted by atomic mass is 16.5. The Balaban J connectivity index is 2.20. The number of H-pyrrole nitrogens is 1. The monoisotopic (exact) mass is 292 g/mol. The average Bonchev–Trinajstić information content (AvgIpc) is 2.98. The van der Waals surface area contributed by atoms with Crippen LogP contribution in [0.5, 0.6) is 0 Å². The van der Waals surface area contributed by atoms with Gasteiger partial charge in [0.2, 0.25) is 0 Å². The lowest BCUT2D eigenvalue weighted by Crippen LogP contribution is -2.05. The van der Waals surface area contributed by atoms with Gasteiger partial charge in [0, 0.05) is 11.8 Å². The van der Waals surface area contributed by atoms with E-state index in [1.54, 1.807) is 12.3 Å². The summed E-state index contributed by atoms with van der Waals surface area (Å²) in [6.07, 6.45) is 7.32. The molecule has 4 heteroatoms. The molecule has 0 aliphatic rings. The molecule has 0 amide bonds. The third-order valence-corrected chi connectivity index (χ3v) is 3.59. The second-order valence-electron chi connectivity index (χ2n) is 5.03. The van der Waals surface area contributed by atoms with Crippen molar-refractivity contribution >= 4 is 17.0 Å². The molecule has 0 fully saturated rings. The number of pyridine rings is 1. The summed E-state index contributed by atoms with van der Waals surface area (Å²) < 4.78 is 5.37. The molecule has 1 aromatic carbocycles. The van der Waals surface area contributed by atoms with Crippen molar-refractivity contribution in [3.05, 3.63) is 70.4 Å². The molecule has 0 bridgehead atoms. The van der Waals surface area contributed by atoms with Gasteiger partial charge in [-0.15, -0.1) is 0 Å². The van der Waals surface area contributed by atoms with Gasteiger partial charge >= 0.3 is 0 Å². The Kier molecular flexibility index (Phi) is 3.74. The van der Waals surface area contributed by atoms with E-state index in [4.69, 9.17) is 4.52 Å². The van der Waals surface area contributed by atoms with Crippen LogP contribution >= 0.6 is 0 Å². The maximum atomic E-state index is 12.2. The zero-order valence-corrected chi connectivity index (χ0v) is 12.5. The van der Waals surface area contributed by atoms with Crippen LogP contribution in [0.2, 0.25) is 0 Å². The molecule has 2 heterocycles. The average molecular weight is 292 g/mol. The zero-order chi connectivity index (χ0) is 15.5. The predicted molar refractivity (Wildman–Crippen MR) is 88.5 cm³/mol. The van der Waals surface area contributed by atoms with Crippen LogP contribution in [-0.4, -0.2) is 10.1 Å². The quantitative estimate of drug-likeness (QED) is 0.737. The number of nitrogens with one attached hydrogen (secondary N) is 1. The summed E-state index contributed by atoms with van der Waals surface area (Å²) in [7, 11) is 0. The molecule has 22 heavy (non-hydrogen) atoms. The molecule has 0 atom stereocenters. The van der Waals surface area contributed by atoms with Gasteiger partial charge in [0.15, 0.2) is 5.76 Å². The number of aromatic nitrogens is 2. The summed E-state index contributed by atoms with van der Waals surface area (Å²) in [5.74, 6) is 0.468. The van der Waals surface area contributed by atoms with Crippen molar-refractivity contribution < 1.29 is 4.52 Å². The standard InChI is InChI=1S/C18H16N2O2/c1-3-12(2)9-10-15-16-17(20-22-15)14(11-19-18(16)21)13-7-5-4-6-8-13/h3-11H,1-2H3,(H,19,21)/b10-9+,12-3+. The minimum atomic E-state index is -0.200. The summed E-state index contributed by atoms with van der Waals surface area (Å²) >= 11 is 0. The van der Waals surface area contributed by atoms with Crippen LogP contribution in [0.25, 0.3) is 28.1 Å². The highest BCUT2D eigenvalue weighted by molar-refractivity contribution is 5.95. The Morgan fingerprint density at radius 3 is 2.77 bits per heavy atom. The van der Waals surface area contributed by atoms with E-state index in [-0.39, 0.29) is 5.56 Å². The lowest BCUT2D eigenvalue weighted by Gasteiger charge is -2.00. The van der Waals surface area contributed by atoms with Gasteiger partial charge in [-0.2, -0.15) is 0 Å². The van der Waals surface area contributed by atoms with Crippen molar-refractivity contribution in [3.63, 3.8) is 0 Å². The van der Waals surface area contributed by atoms with Gasteiger partial charge in [0.05, 0.1) is 0 Å². The number of hydrogen-bond donors (Lipinski definition) is 1. The van der Waals surface area contributed by atoms with Crippen molar-refractivity contribution in [1.82, 2.24) is 10.1 Å². The van der Waals surface area contributed by atoms with Crippen LogP contribution in [0.4, 0.5) is 0 Å². The highest BCUT2D eigenvalue weighted by Gasteiger charge is 2.15. The maximum absolute atomic E-state index is 12.2. The molecule has 0 aliphatic carbocycles. The number of benzene rings is 1. The Morgan fingerprint density at radius 1 is 1.27 bits per heavy atom. The third kappa shape index (κ3) is 2.51. The van der Waals surface area contributed by atoms with Crippen LogP contribution in [-0.2, 0) is 0 Å². The molecule has 0 unspecified atom stereocenters. The van der Waals surface area contributed by atoms with Crippen LogP contribution in [0.1, 0.15) is 19.6 Å². The summed E-state index contributed by atoms with van der Waals surface area (Å²) in [6, 6.07) is 9.79. The van der Waals surface area contributed by atoms with E-state index < -0.39 is 0 Å². The minimum absolute atomic E-state index is 0.200. The van der Waals surface area contributed by atoms with E-state index in [0.717, 1.165) is 16.7 Å². The molecule has 0 saturated heterocycles. The first-order valence-electron chi connectivity index (χ1n) is 7.08. The molecular formula is C18H16N2O2. The van der Waals surface area contributed by atoms with Crippen molar-refractivity contribution in [2.75, 3.05) is 0 Å². The molecule has 4 nitrogen and oxygen atoms in total. The highest BCUT2D eigenvalue weighted by Crippen LogP contribution is 2.27. The number of rotatable bonds is 3. The van der Waals surface area contributed by atoms with Gasteiger partial charge in [-0.05, 0) is 25.5 Å². The first-order chi connectivity index (χ1) is 10.7. The molecule has 0 aliphatic heterocycles.